The highest BCUT2D eigenvalue weighted by Crippen LogP contribution is 2.36. The molecule has 0 saturated carbocycles. The number of rotatable bonds is 11. The number of nitrogens with zero attached hydrogens (tertiary/aromatic N) is 4. The minimum atomic E-state index is -3.10. The topological polar surface area (TPSA) is 262 Å². The highest BCUT2D eigenvalue weighted by atomic mass is 35.5. The number of pyridine rings is 1. The summed E-state index contributed by atoms with van der Waals surface area (Å²) in [5.74, 6) is -1.71. The first-order valence-corrected chi connectivity index (χ1v) is 19.2. The molecular formula is C35H38Cl2F2N7O10P. The lowest BCUT2D eigenvalue weighted by Gasteiger charge is -2.11. The molecule has 4 aromatic rings. The van der Waals surface area contributed by atoms with Crippen LogP contribution >= 0.6 is 30.6 Å². The zero-order chi connectivity index (χ0) is 43.2. The van der Waals surface area contributed by atoms with E-state index >= 15 is 0 Å². The molecular weight excluding hydrogens is 818 g/mol. The van der Waals surface area contributed by atoms with E-state index in [9.17, 15) is 32.5 Å². The molecule has 17 nitrogen and oxygen atoms in total. The van der Waals surface area contributed by atoms with Crippen LogP contribution in [-0.4, -0.2) is 79.0 Å². The number of nitrogens with one attached hydrogen (secondary N) is 2. The summed E-state index contributed by atoms with van der Waals surface area (Å²) >= 11 is 12.2. The average molecular weight is 857 g/mol. The number of amides is 2. The molecule has 2 unspecified atom stereocenters. The number of aromatic nitrogens is 3. The van der Waals surface area contributed by atoms with Gasteiger partial charge < -0.3 is 35.3 Å². The van der Waals surface area contributed by atoms with Crippen molar-refractivity contribution in [3.05, 3.63) is 98.0 Å². The Morgan fingerprint density at radius 1 is 1.14 bits per heavy atom. The van der Waals surface area contributed by atoms with Gasteiger partial charge in [0.25, 0.3) is 0 Å². The summed E-state index contributed by atoms with van der Waals surface area (Å²) in [6.45, 7) is 8.33. The number of benzene rings is 2. The van der Waals surface area contributed by atoms with E-state index in [1.165, 1.54) is 44.1 Å². The average Bonchev–Trinajstić information content (AvgIpc) is 3.50. The number of urea groups is 1. The van der Waals surface area contributed by atoms with Crippen molar-refractivity contribution in [3.63, 3.8) is 0 Å². The number of hydrazone groups is 1. The lowest BCUT2D eigenvalue weighted by Crippen LogP contribution is -2.30. The van der Waals surface area contributed by atoms with Gasteiger partial charge in [-0.25, -0.2) is 28.6 Å². The lowest BCUT2D eigenvalue weighted by atomic mass is 9.97. The largest absolute Gasteiger partial charge is 0.480 e. The third-order valence-electron chi connectivity index (χ3n) is 6.73. The molecule has 0 aliphatic rings. The second-order valence-corrected chi connectivity index (χ2v) is 16.1. The zero-order valence-electron chi connectivity index (χ0n) is 30.9. The molecule has 0 spiro atoms. The van der Waals surface area contributed by atoms with E-state index in [4.69, 9.17) is 59.6 Å². The van der Waals surface area contributed by atoms with Crippen LogP contribution in [0.1, 0.15) is 56.1 Å². The molecule has 0 aliphatic heterocycles. The number of anilines is 1. The van der Waals surface area contributed by atoms with Crippen molar-refractivity contribution >= 4 is 59.9 Å². The van der Waals surface area contributed by atoms with Gasteiger partial charge in [-0.05, 0) is 43.7 Å². The van der Waals surface area contributed by atoms with Gasteiger partial charge in [-0.2, -0.15) is 9.78 Å². The Hall–Kier alpha value is -5.64. The Morgan fingerprint density at radius 2 is 1.77 bits per heavy atom. The third-order valence-corrected chi connectivity index (χ3v) is 8.41. The van der Waals surface area contributed by atoms with Crippen LogP contribution in [0.2, 0.25) is 10.0 Å². The number of nitrogens with two attached hydrogens (primary N) is 1. The number of halogens is 4. The van der Waals surface area contributed by atoms with E-state index in [-0.39, 0.29) is 51.9 Å². The molecule has 7 N–H and O–H groups in total. The molecule has 22 heteroatoms. The molecule has 0 radical (unpaired) electrons. The van der Waals surface area contributed by atoms with Crippen LogP contribution in [-0.2, 0) is 14.8 Å². The maximum Gasteiger partial charge on any atom is 0.442 e. The van der Waals surface area contributed by atoms with Crippen molar-refractivity contribution in [3.8, 4) is 23.8 Å². The molecule has 2 aromatic heterocycles. The normalized spacial score (nSPS) is 12.6. The summed E-state index contributed by atoms with van der Waals surface area (Å²) in [4.78, 5) is 57.6. The Kier molecular flexibility index (Phi) is 17.5. The van der Waals surface area contributed by atoms with Gasteiger partial charge in [0.15, 0.2) is 7.37 Å². The number of carboxylic acids is 2. The van der Waals surface area contributed by atoms with Gasteiger partial charge in [0.2, 0.25) is 5.89 Å². The Bertz CT molecular complexity index is 2250. The highest BCUT2D eigenvalue weighted by Gasteiger charge is 2.24. The fraction of sp³-hybridized carbons (Fsp3) is 0.286. The first-order valence-electron chi connectivity index (χ1n) is 16.1. The maximum atomic E-state index is 13.0. The SMILES string of the molecule is C#CCOc1cc(-n2nc(C(C)(C)C)oc2=O)c(Cl)cc1Cl.C/C(=N\NC(=O)Nc1cc(F)cc(F)c1)c1ncccc1C(=O)O.CP(=O)(O)CCC(N)C(=O)O. The number of carboxylic acid groups (broad SMARTS) is 2. The van der Waals surface area contributed by atoms with E-state index in [0.717, 1.165) is 16.8 Å². The van der Waals surface area contributed by atoms with Crippen LogP contribution < -0.4 is 27.0 Å². The number of aromatic carboxylic acids is 1. The molecule has 2 atom stereocenters. The predicted molar refractivity (Wildman–Crippen MR) is 208 cm³/mol. The fourth-order valence-corrected chi connectivity index (χ4v) is 5.26. The summed E-state index contributed by atoms with van der Waals surface area (Å²) in [6, 6.07) is 6.40. The molecule has 0 fully saturated rings. The molecule has 306 valence electrons. The zero-order valence-corrected chi connectivity index (χ0v) is 33.3. The van der Waals surface area contributed by atoms with Crippen LogP contribution in [0.3, 0.4) is 0 Å². The third kappa shape index (κ3) is 15.8. The molecule has 0 aliphatic carbocycles. The summed E-state index contributed by atoms with van der Waals surface area (Å²) in [5, 5.41) is 28.0. The predicted octanol–water partition coefficient (Wildman–Crippen LogP) is 5.73. The number of carbonyl (C=O) groups excluding carboxylic acids is 1. The maximum absolute atomic E-state index is 13.0. The number of aliphatic carboxylic acids is 1. The first kappa shape index (κ1) is 47.5. The molecule has 0 bridgehead atoms. The Labute approximate surface area is 334 Å². The number of carbonyl (C=O) groups is 3. The molecule has 2 amide bonds. The van der Waals surface area contributed by atoms with Crippen LogP contribution in [0, 0.1) is 24.0 Å². The van der Waals surface area contributed by atoms with Crippen LogP contribution in [0.15, 0.2) is 63.0 Å². The van der Waals surface area contributed by atoms with Crippen molar-refractivity contribution < 1.29 is 52.0 Å². The monoisotopic (exact) mass is 855 g/mol. The highest BCUT2D eigenvalue weighted by molar-refractivity contribution is 7.57. The molecule has 2 heterocycles. The van der Waals surface area contributed by atoms with Gasteiger partial charge in [0.05, 0.1) is 27.0 Å². The van der Waals surface area contributed by atoms with Crippen molar-refractivity contribution in [2.75, 3.05) is 24.8 Å². The van der Waals surface area contributed by atoms with Gasteiger partial charge in [0.1, 0.15) is 35.7 Å². The van der Waals surface area contributed by atoms with Gasteiger partial charge >= 0.3 is 23.7 Å². The summed E-state index contributed by atoms with van der Waals surface area (Å²) < 4.78 is 48.3. The summed E-state index contributed by atoms with van der Waals surface area (Å²) in [6.07, 6.45) is 6.54. The van der Waals surface area contributed by atoms with Crippen molar-refractivity contribution in [1.82, 2.24) is 20.2 Å². The van der Waals surface area contributed by atoms with Gasteiger partial charge in [-0.15, -0.1) is 11.5 Å². The number of ether oxygens (including phenoxy) is 1. The van der Waals surface area contributed by atoms with E-state index in [1.54, 1.807) is 0 Å². The van der Waals surface area contributed by atoms with Crippen LogP contribution in [0.5, 0.6) is 5.75 Å². The lowest BCUT2D eigenvalue weighted by molar-refractivity contribution is -0.138. The second kappa shape index (κ2) is 21.0. The van der Waals surface area contributed by atoms with Gasteiger partial charge in [0, 0.05) is 42.3 Å². The Balaban J connectivity index is 0.000000316. The van der Waals surface area contributed by atoms with Crippen molar-refractivity contribution in [1.29, 1.82) is 0 Å². The summed E-state index contributed by atoms with van der Waals surface area (Å²) in [5.41, 5.74) is 7.14. The molecule has 4 rings (SSSR count). The van der Waals surface area contributed by atoms with Crippen molar-refractivity contribution in [2.24, 2.45) is 10.8 Å². The van der Waals surface area contributed by atoms with Crippen molar-refractivity contribution in [2.45, 2.75) is 45.6 Å². The van der Waals surface area contributed by atoms with Crippen LogP contribution in [0.25, 0.3) is 5.69 Å². The standard InChI is InChI=1S/C15H14Cl2N2O3.C15H12F2N4O3.C5H12NO4P/c1-5-6-21-12-8-11(9(16)7-10(12)17)19-14(20)22-13(18-19)15(2,3)4;1-8(13-12(14(22)23)3-2-4-18-13)20-21-15(24)19-11-6-9(16)5-10(17)7-11;1-11(9,10)3-2-4(6)5(7)8/h1,7-8H,6H2,2-4H3;2-7H,1H3,(H,22,23)(H2,19,21,24);4H,2-3,6H2,1H3,(H,7,8)(H,9,10)/b;20-8+;. The number of hydrogen-bond donors (Lipinski definition) is 6. The fourth-order valence-electron chi connectivity index (χ4n) is 3.98. The molecule has 2 aromatic carbocycles. The van der Waals surface area contributed by atoms with Gasteiger partial charge in [-0.3, -0.25) is 14.3 Å². The quantitative estimate of drug-likeness (QED) is 0.0456. The molecule has 57 heavy (non-hydrogen) atoms. The first-order chi connectivity index (χ1) is 26.4. The van der Waals surface area contributed by atoms with E-state index in [2.05, 4.69) is 31.8 Å². The van der Waals surface area contributed by atoms with E-state index in [0.29, 0.717) is 23.4 Å². The van der Waals surface area contributed by atoms with Crippen LogP contribution in [0.4, 0.5) is 19.3 Å². The second-order valence-electron chi connectivity index (χ2n) is 12.7. The smallest absolute Gasteiger partial charge is 0.442 e. The molecule has 0 saturated heterocycles. The number of hydrogen-bond acceptors (Lipinski definition) is 11. The van der Waals surface area contributed by atoms with E-state index < -0.39 is 54.2 Å². The number of terminal acetylenes is 1. The minimum absolute atomic E-state index is 0.0412. The Morgan fingerprint density at radius 3 is 2.30 bits per heavy atom. The minimum Gasteiger partial charge on any atom is -0.480 e. The van der Waals surface area contributed by atoms with E-state index in [1.807, 2.05) is 20.8 Å². The summed E-state index contributed by atoms with van der Waals surface area (Å²) in [7, 11) is -3.10. The van der Waals surface area contributed by atoms with Gasteiger partial charge in [-0.1, -0.05) is 49.9 Å².